The molecule has 1 aromatic carbocycles. The van der Waals surface area contributed by atoms with Crippen LogP contribution in [0.5, 0.6) is 0 Å². The Bertz CT molecular complexity index is 486. The highest BCUT2D eigenvalue weighted by atomic mass is 32.2. The van der Waals surface area contributed by atoms with Crippen LogP contribution in [0.4, 0.5) is 0 Å². The molecule has 0 radical (unpaired) electrons. The highest BCUT2D eigenvalue weighted by Gasteiger charge is 2.10. The molecule has 0 saturated heterocycles. The molecule has 94 valence electrons. The highest BCUT2D eigenvalue weighted by molar-refractivity contribution is 7.90. The van der Waals surface area contributed by atoms with Crippen LogP contribution in [-0.4, -0.2) is 19.8 Å². The van der Waals surface area contributed by atoms with E-state index in [1.165, 1.54) is 18.4 Å². The van der Waals surface area contributed by atoms with Crippen molar-refractivity contribution in [1.82, 2.24) is 0 Å². The van der Waals surface area contributed by atoms with Crippen molar-refractivity contribution in [2.24, 2.45) is 0 Å². The molecule has 1 rings (SSSR count). The number of benzene rings is 1. The molecule has 0 saturated carbocycles. The molecular weight excluding hydrogens is 236 g/mol. The highest BCUT2D eigenvalue weighted by Crippen LogP contribution is 2.21. The molecule has 0 aromatic heterocycles. The van der Waals surface area contributed by atoms with Gasteiger partial charge in [0.15, 0.2) is 9.84 Å². The van der Waals surface area contributed by atoms with Gasteiger partial charge in [0, 0.05) is 6.26 Å². The van der Waals surface area contributed by atoms with E-state index < -0.39 is 15.9 Å². The van der Waals surface area contributed by atoms with Crippen molar-refractivity contribution in [1.29, 1.82) is 0 Å². The Morgan fingerprint density at radius 2 is 1.88 bits per heavy atom. The van der Waals surface area contributed by atoms with E-state index in [2.05, 4.69) is 6.58 Å². The Hall–Kier alpha value is -1.13. The van der Waals surface area contributed by atoms with Crippen molar-refractivity contribution in [2.45, 2.75) is 30.8 Å². The molecule has 0 spiro atoms. The van der Waals surface area contributed by atoms with Gasteiger partial charge in [-0.3, -0.25) is 0 Å². The fourth-order valence-electron chi connectivity index (χ4n) is 1.49. The van der Waals surface area contributed by atoms with Crippen molar-refractivity contribution in [3.8, 4) is 0 Å². The van der Waals surface area contributed by atoms with Gasteiger partial charge in [-0.25, -0.2) is 8.42 Å². The van der Waals surface area contributed by atoms with Gasteiger partial charge in [0.2, 0.25) is 0 Å². The zero-order chi connectivity index (χ0) is 13.1. The minimum Gasteiger partial charge on any atom is -0.388 e. The second kappa shape index (κ2) is 5.47. The summed E-state index contributed by atoms with van der Waals surface area (Å²) in [4.78, 5) is 0.272. The second-order valence-electron chi connectivity index (χ2n) is 4.35. The molecule has 0 bridgehead atoms. The molecule has 1 N–H and O–H groups in total. The summed E-state index contributed by atoms with van der Waals surface area (Å²) in [7, 11) is -3.17. The van der Waals surface area contributed by atoms with Crippen LogP contribution in [0.1, 0.15) is 31.4 Å². The molecule has 1 unspecified atom stereocenters. The first-order valence-corrected chi connectivity index (χ1v) is 7.32. The Balaban J connectivity index is 2.77. The van der Waals surface area contributed by atoms with E-state index in [1.54, 1.807) is 12.1 Å². The maximum absolute atomic E-state index is 11.3. The van der Waals surface area contributed by atoms with Crippen molar-refractivity contribution in [2.75, 3.05) is 6.26 Å². The summed E-state index contributed by atoms with van der Waals surface area (Å²) in [5.41, 5.74) is 1.76. The van der Waals surface area contributed by atoms with E-state index in [0.717, 1.165) is 17.6 Å². The summed E-state index contributed by atoms with van der Waals surface area (Å²) in [5, 5.41) is 9.87. The fraction of sp³-hybridized carbons (Fsp3) is 0.385. The number of aliphatic hydroxyl groups is 1. The Morgan fingerprint density at radius 3 is 2.29 bits per heavy atom. The van der Waals surface area contributed by atoms with Gasteiger partial charge in [0.25, 0.3) is 0 Å². The Morgan fingerprint density at radius 1 is 1.35 bits per heavy atom. The van der Waals surface area contributed by atoms with Crippen LogP contribution >= 0.6 is 0 Å². The molecular formula is C13H18O3S. The average Bonchev–Trinajstić information content (AvgIpc) is 2.25. The van der Waals surface area contributed by atoms with E-state index in [4.69, 9.17) is 0 Å². The van der Waals surface area contributed by atoms with E-state index in [-0.39, 0.29) is 4.90 Å². The molecule has 0 amide bonds. The SMILES string of the molecule is C=C(C)CCC(O)c1ccc(S(C)(=O)=O)cc1. The van der Waals surface area contributed by atoms with Crippen LogP contribution in [0.15, 0.2) is 41.3 Å². The van der Waals surface area contributed by atoms with Crippen molar-refractivity contribution < 1.29 is 13.5 Å². The standard InChI is InChI=1S/C13H18O3S/c1-10(2)4-9-13(14)11-5-7-12(8-6-11)17(3,15)16/h5-8,13-14H,1,4,9H2,2-3H3. The second-order valence-corrected chi connectivity index (χ2v) is 6.37. The molecule has 17 heavy (non-hydrogen) atoms. The maximum Gasteiger partial charge on any atom is 0.175 e. The number of allylic oxidation sites excluding steroid dienone is 1. The first-order valence-electron chi connectivity index (χ1n) is 5.43. The molecule has 0 aliphatic heterocycles. The zero-order valence-corrected chi connectivity index (χ0v) is 11.0. The number of rotatable bonds is 5. The van der Waals surface area contributed by atoms with E-state index >= 15 is 0 Å². The first kappa shape index (κ1) is 13.9. The van der Waals surface area contributed by atoms with Crippen LogP contribution in [-0.2, 0) is 9.84 Å². The lowest BCUT2D eigenvalue weighted by atomic mass is 10.0. The lowest BCUT2D eigenvalue weighted by Gasteiger charge is -2.11. The van der Waals surface area contributed by atoms with E-state index in [1.807, 2.05) is 6.92 Å². The van der Waals surface area contributed by atoms with Gasteiger partial charge in [-0.15, -0.1) is 6.58 Å². The summed E-state index contributed by atoms with van der Waals surface area (Å²) < 4.78 is 22.5. The van der Waals surface area contributed by atoms with Crippen molar-refractivity contribution in [3.63, 3.8) is 0 Å². The average molecular weight is 254 g/mol. The summed E-state index contributed by atoms with van der Waals surface area (Å²) in [6.45, 7) is 5.69. The Kier molecular flexibility index (Phi) is 4.48. The molecule has 3 nitrogen and oxygen atoms in total. The third-order valence-electron chi connectivity index (χ3n) is 2.54. The number of hydrogen-bond acceptors (Lipinski definition) is 3. The third-order valence-corrected chi connectivity index (χ3v) is 3.67. The molecule has 0 fully saturated rings. The lowest BCUT2D eigenvalue weighted by Crippen LogP contribution is -2.00. The largest absolute Gasteiger partial charge is 0.388 e. The monoisotopic (exact) mass is 254 g/mol. The first-order chi connectivity index (χ1) is 7.80. The number of hydrogen-bond donors (Lipinski definition) is 1. The topological polar surface area (TPSA) is 54.4 Å². The van der Waals surface area contributed by atoms with Gasteiger partial charge in [-0.1, -0.05) is 17.7 Å². The van der Waals surface area contributed by atoms with Gasteiger partial charge in [0.1, 0.15) is 0 Å². The molecule has 4 heteroatoms. The number of aliphatic hydroxyl groups excluding tert-OH is 1. The summed E-state index contributed by atoms with van der Waals surface area (Å²) >= 11 is 0. The summed E-state index contributed by atoms with van der Waals surface area (Å²) in [6, 6.07) is 6.35. The molecule has 1 atom stereocenters. The minimum atomic E-state index is -3.17. The van der Waals surface area contributed by atoms with Gasteiger partial charge < -0.3 is 5.11 Å². The lowest BCUT2D eigenvalue weighted by molar-refractivity contribution is 0.168. The predicted molar refractivity (Wildman–Crippen MR) is 68.6 cm³/mol. The normalized spacial score (nSPS) is 13.4. The van der Waals surface area contributed by atoms with E-state index in [0.29, 0.717) is 6.42 Å². The van der Waals surface area contributed by atoms with Gasteiger partial charge in [-0.05, 0) is 37.5 Å². The quantitative estimate of drug-likeness (QED) is 0.821. The number of sulfone groups is 1. The zero-order valence-electron chi connectivity index (χ0n) is 10.2. The van der Waals surface area contributed by atoms with Crippen molar-refractivity contribution >= 4 is 9.84 Å². The predicted octanol–water partition coefficient (Wildman–Crippen LogP) is 2.48. The van der Waals surface area contributed by atoms with Gasteiger partial charge in [0.05, 0.1) is 11.0 Å². The van der Waals surface area contributed by atoms with Crippen LogP contribution in [0.3, 0.4) is 0 Å². The summed E-state index contributed by atoms with van der Waals surface area (Å²) in [6.07, 6.45) is 1.96. The van der Waals surface area contributed by atoms with Crippen LogP contribution < -0.4 is 0 Å². The van der Waals surface area contributed by atoms with Crippen LogP contribution in [0.25, 0.3) is 0 Å². The van der Waals surface area contributed by atoms with Crippen LogP contribution in [0.2, 0.25) is 0 Å². The van der Waals surface area contributed by atoms with E-state index in [9.17, 15) is 13.5 Å². The maximum atomic E-state index is 11.3. The van der Waals surface area contributed by atoms with Crippen molar-refractivity contribution in [3.05, 3.63) is 42.0 Å². The fourth-order valence-corrected chi connectivity index (χ4v) is 2.12. The van der Waals surface area contributed by atoms with Gasteiger partial charge >= 0.3 is 0 Å². The van der Waals surface area contributed by atoms with Crippen LogP contribution in [0, 0.1) is 0 Å². The molecule has 1 aromatic rings. The minimum absolute atomic E-state index is 0.272. The molecule has 0 heterocycles. The third kappa shape index (κ3) is 4.32. The smallest absolute Gasteiger partial charge is 0.175 e. The molecule has 0 aliphatic rings. The Labute approximate surface area is 103 Å². The summed E-state index contributed by atoms with van der Waals surface area (Å²) in [5.74, 6) is 0. The molecule has 0 aliphatic carbocycles. The van der Waals surface area contributed by atoms with Gasteiger partial charge in [-0.2, -0.15) is 0 Å².